The molecule has 2 aliphatic heterocycles. The summed E-state index contributed by atoms with van der Waals surface area (Å²) < 4.78 is 29.5. The third kappa shape index (κ3) is 2.48. The summed E-state index contributed by atoms with van der Waals surface area (Å²) in [4.78, 5) is 2.26. The molecule has 2 nitrogen and oxygen atoms in total. The van der Waals surface area contributed by atoms with Crippen molar-refractivity contribution in [2.24, 2.45) is 0 Å². The van der Waals surface area contributed by atoms with Gasteiger partial charge in [0.25, 0.3) is 0 Å². The molecular weight excluding hydrogens is 378 g/mol. The smallest absolute Gasteiger partial charge is 0.144 e. The average Bonchev–Trinajstić information content (AvgIpc) is 3.06. The summed E-state index contributed by atoms with van der Waals surface area (Å²) in [5, 5.41) is 3.47. The van der Waals surface area contributed by atoms with Crippen LogP contribution in [0.1, 0.15) is 11.1 Å². The van der Waals surface area contributed by atoms with Crippen molar-refractivity contribution < 1.29 is 8.78 Å². The zero-order valence-corrected chi connectivity index (χ0v) is 15.9. The maximum Gasteiger partial charge on any atom is 0.144 e. The average molecular weight is 397 g/mol. The quantitative estimate of drug-likeness (QED) is 0.644. The van der Waals surface area contributed by atoms with Gasteiger partial charge in [0.05, 0.1) is 10.6 Å². The van der Waals surface area contributed by atoms with Crippen LogP contribution in [0.3, 0.4) is 0 Å². The molecule has 1 N–H and O–H groups in total. The van der Waals surface area contributed by atoms with E-state index in [4.69, 9.17) is 11.6 Å². The van der Waals surface area contributed by atoms with Gasteiger partial charge in [-0.15, -0.1) is 0 Å². The highest BCUT2D eigenvalue weighted by molar-refractivity contribution is 6.34. The second kappa shape index (κ2) is 6.57. The fourth-order valence-electron chi connectivity index (χ4n) is 4.72. The van der Waals surface area contributed by atoms with Gasteiger partial charge in [-0.25, -0.2) is 8.78 Å². The minimum absolute atomic E-state index is 0.0140. The highest BCUT2D eigenvalue weighted by Crippen LogP contribution is 2.51. The summed E-state index contributed by atoms with van der Waals surface area (Å²) in [5.41, 5.74) is 3.36. The molecule has 3 aromatic rings. The molecule has 2 heterocycles. The van der Waals surface area contributed by atoms with Crippen molar-refractivity contribution in [3.63, 3.8) is 0 Å². The molecule has 0 spiro atoms. The number of halogens is 3. The number of rotatable bonds is 2. The van der Waals surface area contributed by atoms with Crippen LogP contribution in [-0.4, -0.2) is 19.6 Å². The van der Waals surface area contributed by atoms with E-state index in [-0.39, 0.29) is 10.6 Å². The predicted molar refractivity (Wildman–Crippen MR) is 109 cm³/mol. The molecule has 0 aromatic heterocycles. The summed E-state index contributed by atoms with van der Waals surface area (Å²) >= 11 is 6.40. The van der Waals surface area contributed by atoms with E-state index < -0.39 is 11.6 Å². The number of hydrogen-bond acceptors (Lipinski definition) is 2. The van der Waals surface area contributed by atoms with Crippen LogP contribution >= 0.6 is 11.6 Å². The topological polar surface area (TPSA) is 15.3 Å². The maximum absolute atomic E-state index is 14.8. The first kappa shape index (κ1) is 17.7. The lowest BCUT2D eigenvalue weighted by Crippen LogP contribution is -2.57. The lowest BCUT2D eigenvalue weighted by molar-refractivity contribution is 0.350. The molecule has 1 fully saturated rings. The number of piperazine rings is 1. The minimum atomic E-state index is -0.513. The predicted octanol–water partition coefficient (Wildman–Crippen LogP) is 5.15. The van der Waals surface area contributed by atoms with Gasteiger partial charge in [0.15, 0.2) is 0 Å². The number of hydrogen-bond donors (Lipinski definition) is 1. The Balaban J connectivity index is 1.77. The van der Waals surface area contributed by atoms with E-state index in [1.54, 1.807) is 18.2 Å². The molecule has 5 rings (SSSR count). The van der Waals surface area contributed by atoms with Crippen molar-refractivity contribution >= 4 is 17.3 Å². The van der Waals surface area contributed by atoms with Gasteiger partial charge in [0.2, 0.25) is 0 Å². The van der Waals surface area contributed by atoms with Crippen LogP contribution in [0.5, 0.6) is 0 Å². The van der Waals surface area contributed by atoms with Crippen molar-refractivity contribution in [2.75, 3.05) is 24.5 Å². The van der Waals surface area contributed by atoms with Crippen molar-refractivity contribution in [1.82, 2.24) is 5.32 Å². The van der Waals surface area contributed by atoms with Crippen LogP contribution in [0, 0.1) is 11.6 Å². The Morgan fingerprint density at radius 1 is 0.964 bits per heavy atom. The van der Waals surface area contributed by atoms with E-state index in [9.17, 15) is 8.78 Å². The zero-order chi connectivity index (χ0) is 19.3. The molecule has 1 atom stereocenters. The number of nitrogens with one attached hydrogen (secondary N) is 1. The highest BCUT2D eigenvalue weighted by atomic mass is 35.5. The molecule has 1 saturated heterocycles. The van der Waals surface area contributed by atoms with E-state index >= 15 is 0 Å². The molecule has 3 aromatic carbocycles. The number of fused-ring (bicyclic) bond motifs is 3. The summed E-state index contributed by atoms with van der Waals surface area (Å²) in [6, 6.07) is 18.2. The largest absolute Gasteiger partial charge is 0.359 e. The molecule has 0 bridgehead atoms. The Morgan fingerprint density at radius 3 is 2.50 bits per heavy atom. The van der Waals surface area contributed by atoms with Crippen molar-refractivity contribution in [1.29, 1.82) is 0 Å². The lowest BCUT2D eigenvalue weighted by Gasteiger charge is -2.45. The Hall–Kier alpha value is -2.43. The Labute approximate surface area is 167 Å². The number of nitrogens with zero attached hydrogens (tertiary/aromatic N) is 1. The van der Waals surface area contributed by atoms with Gasteiger partial charge in [0.1, 0.15) is 11.6 Å². The van der Waals surface area contributed by atoms with E-state index in [0.717, 1.165) is 36.4 Å². The highest BCUT2D eigenvalue weighted by Gasteiger charge is 2.48. The Bertz CT molecular complexity index is 1050. The molecule has 0 amide bonds. The zero-order valence-electron chi connectivity index (χ0n) is 15.2. The first-order chi connectivity index (χ1) is 13.6. The molecule has 0 aliphatic carbocycles. The van der Waals surface area contributed by atoms with Crippen molar-refractivity contribution in [2.45, 2.75) is 12.0 Å². The SMILES string of the molecule is Fc1ccccc1-c1c(Cl)c(F)cc2c1C[C@]1(c3ccccc3)CNCCN21. The second-order valence-corrected chi connectivity index (χ2v) is 7.81. The third-order valence-electron chi connectivity index (χ3n) is 5.96. The van der Waals surface area contributed by atoms with Crippen LogP contribution in [0.2, 0.25) is 5.02 Å². The van der Waals surface area contributed by atoms with Gasteiger partial charge in [0, 0.05) is 42.9 Å². The fraction of sp³-hybridized carbons (Fsp3) is 0.217. The third-order valence-corrected chi connectivity index (χ3v) is 6.33. The van der Waals surface area contributed by atoms with Crippen LogP contribution in [0.4, 0.5) is 14.5 Å². The minimum Gasteiger partial charge on any atom is -0.359 e. The van der Waals surface area contributed by atoms with Gasteiger partial charge < -0.3 is 10.2 Å². The van der Waals surface area contributed by atoms with E-state index in [2.05, 4.69) is 22.3 Å². The van der Waals surface area contributed by atoms with Crippen LogP contribution in [0.15, 0.2) is 60.7 Å². The van der Waals surface area contributed by atoms with E-state index in [1.807, 2.05) is 18.2 Å². The Morgan fingerprint density at radius 2 is 1.71 bits per heavy atom. The van der Waals surface area contributed by atoms with Gasteiger partial charge in [-0.2, -0.15) is 0 Å². The molecule has 0 saturated carbocycles. The lowest BCUT2D eigenvalue weighted by atomic mass is 9.83. The van der Waals surface area contributed by atoms with Gasteiger partial charge >= 0.3 is 0 Å². The van der Waals surface area contributed by atoms with Crippen LogP contribution in [0.25, 0.3) is 11.1 Å². The monoisotopic (exact) mass is 396 g/mol. The first-order valence-electron chi connectivity index (χ1n) is 9.41. The molecule has 0 radical (unpaired) electrons. The molecule has 5 heteroatoms. The summed E-state index contributed by atoms with van der Waals surface area (Å²) in [6.45, 7) is 2.30. The number of benzene rings is 3. The van der Waals surface area contributed by atoms with E-state index in [1.165, 1.54) is 12.1 Å². The summed E-state index contributed by atoms with van der Waals surface area (Å²) in [5.74, 6) is -0.907. The molecule has 28 heavy (non-hydrogen) atoms. The van der Waals surface area contributed by atoms with Crippen LogP contribution < -0.4 is 10.2 Å². The number of anilines is 1. The molecule has 142 valence electrons. The first-order valence-corrected chi connectivity index (χ1v) is 9.79. The fourth-order valence-corrected chi connectivity index (χ4v) is 4.99. The van der Waals surface area contributed by atoms with Crippen molar-refractivity contribution in [3.05, 3.63) is 88.4 Å². The maximum atomic E-state index is 14.8. The standard InChI is InChI=1S/C23H19ClF2N2/c24-22-19(26)12-20-17(21(22)16-8-4-5-9-18(16)25)13-23(14-27-10-11-28(20)23)15-6-2-1-3-7-15/h1-9,12,27H,10-11,13-14H2/t23-/m1/s1. The van der Waals surface area contributed by atoms with Crippen LogP contribution in [-0.2, 0) is 12.0 Å². The second-order valence-electron chi connectivity index (χ2n) is 7.43. The molecule has 0 unspecified atom stereocenters. The molecular formula is C23H19ClF2N2. The summed E-state index contributed by atoms with van der Waals surface area (Å²) in [6.07, 6.45) is 0.642. The Kier molecular flexibility index (Phi) is 4.14. The molecule has 2 aliphatic rings. The van der Waals surface area contributed by atoms with Crippen molar-refractivity contribution in [3.8, 4) is 11.1 Å². The van der Waals surface area contributed by atoms with Gasteiger partial charge in [-0.3, -0.25) is 0 Å². The van der Waals surface area contributed by atoms with Gasteiger partial charge in [-0.05, 0) is 23.3 Å². The summed E-state index contributed by atoms with van der Waals surface area (Å²) in [7, 11) is 0. The normalized spacial score (nSPS) is 20.8. The van der Waals surface area contributed by atoms with E-state index in [0.29, 0.717) is 17.5 Å². The van der Waals surface area contributed by atoms with Gasteiger partial charge in [-0.1, -0.05) is 60.1 Å².